The molecule has 0 saturated heterocycles. The van der Waals surface area contributed by atoms with Gasteiger partial charge in [-0.2, -0.15) is 0 Å². The number of ether oxygens (including phenoxy) is 1. The topological polar surface area (TPSA) is 68.1 Å². The molecule has 130 valence electrons. The minimum atomic E-state index is -0.322. The van der Waals surface area contributed by atoms with Crippen LogP contribution in [0.5, 0.6) is 0 Å². The van der Waals surface area contributed by atoms with Crippen LogP contribution in [0.3, 0.4) is 0 Å². The Morgan fingerprint density at radius 3 is 3.00 bits per heavy atom. The number of benzene rings is 1. The molecule has 25 heavy (non-hydrogen) atoms. The zero-order chi connectivity index (χ0) is 17.6. The number of carbonyl (C=O) groups excluding carboxylic acids is 1. The number of carbonyl (C=O) groups is 1. The molecule has 0 aliphatic heterocycles. The average molecular weight is 338 g/mol. The molecule has 1 aromatic carbocycles. The van der Waals surface area contributed by atoms with Crippen LogP contribution in [0.25, 0.3) is 10.9 Å². The Labute approximate surface area is 146 Å². The highest BCUT2D eigenvalue weighted by atomic mass is 16.5. The lowest BCUT2D eigenvalue weighted by atomic mass is 9.87. The van der Waals surface area contributed by atoms with Gasteiger partial charge in [-0.3, -0.25) is 0 Å². The van der Waals surface area contributed by atoms with E-state index in [1.54, 1.807) is 0 Å². The summed E-state index contributed by atoms with van der Waals surface area (Å²) in [7, 11) is 0. The van der Waals surface area contributed by atoms with E-state index in [9.17, 15) is 4.79 Å². The largest absolute Gasteiger partial charge is 0.457 e. The third-order valence-corrected chi connectivity index (χ3v) is 5.22. The van der Waals surface area contributed by atoms with Crippen LogP contribution in [0.1, 0.15) is 52.0 Å². The maximum absolute atomic E-state index is 12.7. The third-order valence-electron chi connectivity index (χ3n) is 5.22. The van der Waals surface area contributed by atoms with E-state index >= 15 is 0 Å². The molecule has 1 aliphatic carbocycles. The van der Waals surface area contributed by atoms with E-state index in [0.717, 1.165) is 35.0 Å². The summed E-state index contributed by atoms with van der Waals surface area (Å²) in [5.74, 6) is 1.05. The van der Waals surface area contributed by atoms with Gasteiger partial charge in [-0.1, -0.05) is 24.2 Å². The molecule has 0 saturated carbocycles. The van der Waals surface area contributed by atoms with Crippen LogP contribution in [0.4, 0.5) is 0 Å². The second-order valence-electron chi connectivity index (χ2n) is 7.04. The Morgan fingerprint density at radius 1 is 1.40 bits per heavy atom. The third kappa shape index (κ3) is 2.73. The number of nitrogens with one attached hydrogen (secondary N) is 1. The van der Waals surface area contributed by atoms with E-state index in [-0.39, 0.29) is 12.6 Å². The van der Waals surface area contributed by atoms with Gasteiger partial charge in [-0.15, -0.1) is 0 Å². The van der Waals surface area contributed by atoms with Crippen molar-refractivity contribution in [2.45, 2.75) is 46.6 Å². The zero-order valence-corrected chi connectivity index (χ0v) is 14.8. The number of hydrogen-bond acceptors (Lipinski definition) is 4. The molecule has 1 aliphatic rings. The van der Waals surface area contributed by atoms with Gasteiger partial charge in [0.1, 0.15) is 12.4 Å². The molecule has 5 nitrogen and oxygen atoms in total. The summed E-state index contributed by atoms with van der Waals surface area (Å²) in [5.41, 5.74) is 5.69. The molecular weight excluding hydrogens is 316 g/mol. The Kier molecular flexibility index (Phi) is 3.86. The van der Waals surface area contributed by atoms with Gasteiger partial charge in [0.25, 0.3) is 0 Å². The number of nitrogens with zero attached hydrogens (tertiary/aromatic N) is 1. The molecule has 2 aromatic heterocycles. The lowest BCUT2D eigenvalue weighted by molar-refractivity contribution is 0.0473. The van der Waals surface area contributed by atoms with Gasteiger partial charge in [-0.05, 0) is 50.7 Å². The molecule has 0 amide bonds. The van der Waals surface area contributed by atoms with Crippen molar-refractivity contribution in [2.75, 3.05) is 0 Å². The lowest BCUT2D eigenvalue weighted by Gasteiger charge is -2.17. The van der Waals surface area contributed by atoms with E-state index in [2.05, 4.69) is 23.1 Å². The van der Waals surface area contributed by atoms with Gasteiger partial charge < -0.3 is 14.2 Å². The Morgan fingerprint density at radius 2 is 2.24 bits per heavy atom. The van der Waals surface area contributed by atoms with Crippen molar-refractivity contribution in [3.63, 3.8) is 0 Å². The molecule has 0 bridgehead atoms. The highest BCUT2D eigenvalue weighted by molar-refractivity contribution is 6.04. The summed E-state index contributed by atoms with van der Waals surface area (Å²) in [6, 6.07) is 5.85. The van der Waals surface area contributed by atoms with Crippen LogP contribution in [0.2, 0.25) is 0 Å². The number of aromatic amines is 1. The number of para-hydroxylation sites is 1. The van der Waals surface area contributed by atoms with E-state index in [0.29, 0.717) is 17.2 Å². The van der Waals surface area contributed by atoms with Gasteiger partial charge in [0.2, 0.25) is 0 Å². The molecule has 1 atom stereocenters. The molecule has 0 spiro atoms. The van der Waals surface area contributed by atoms with E-state index in [1.165, 1.54) is 17.7 Å². The Balaban J connectivity index is 1.64. The SMILES string of the molecule is Cc1noc(C)c1COC(=O)c1cccc2c3c([nH]c12)CCC(C)C3. The van der Waals surface area contributed by atoms with Crippen LogP contribution in [-0.4, -0.2) is 16.1 Å². The predicted molar refractivity (Wildman–Crippen MR) is 94.6 cm³/mol. The van der Waals surface area contributed by atoms with Gasteiger partial charge >= 0.3 is 5.97 Å². The van der Waals surface area contributed by atoms with Crippen LogP contribution >= 0.6 is 0 Å². The van der Waals surface area contributed by atoms with Crippen LogP contribution in [0, 0.1) is 19.8 Å². The van der Waals surface area contributed by atoms with Crippen molar-refractivity contribution in [3.8, 4) is 0 Å². The molecule has 0 radical (unpaired) electrons. The summed E-state index contributed by atoms with van der Waals surface area (Å²) in [6.07, 6.45) is 3.29. The predicted octanol–water partition coefficient (Wildman–Crippen LogP) is 4.25. The van der Waals surface area contributed by atoms with Gasteiger partial charge in [0, 0.05) is 11.1 Å². The van der Waals surface area contributed by atoms with Crippen molar-refractivity contribution in [2.24, 2.45) is 5.92 Å². The molecule has 1 N–H and O–H groups in total. The molecule has 3 aromatic rings. The van der Waals surface area contributed by atoms with Crippen molar-refractivity contribution < 1.29 is 14.1 Å². The minimum absolute atomic E-state index is 0.174. The van der Waals surface area contributed by atoms with Crippen LogP contribution in [-0.2, 0) is 24.2 Å². The first-order valence-electron chi connectivity index (χ1n) is 8.76. The van der Waals surface area contributed by atoms with E-state index < -0.39 is 0 Å². The van der Waals surface area contributed by atoms with E-state index in [4.69, 9.17) is 9.26 Å². The number of fused-ring (bicyclic) bond motifs is 3. The van der Waals surface area contributed by atoms with Gasteiger partial charge in [-0.25, -0.2) is 4.79 Å². The summed E-state index contributed by atoms with van der Waals surface area (Å²) in [5, 5.41) is 5.04. The zero-order valence-electron chi connectivity index (χ0n) is 14.8. The van der Waals surface area contributed by atoms with E-state index in [1.807, 2.05) is 26.0 Å². The highest BCUT2D eigenvalue weighted by Gasteiger charge is 2.23. The van der Waals surface area contributed by atoms with Gasteiger partial charge in [0.05, 0.1) is 22.3 Å². The summed E-state index contributed by atoms with van der Waals surface area (Å²) in [4.78, 5) is 16.1. The van der Waals surface area contributed by atoms with Crippen molar-refractivity contribution in [1.29, 1.82) is 0 Å². The standard InChI is InChI=1S/C20H22N2O3/c1-11-7-8-18-16(9-11)14-5-4-6-15(19(14)21-18)20(23)24-10-17-12(2)22-25-13(17)3/h4-6,11,21H,7-10H2,1-3H3. The summed E-state index contributed by atoms with van der Waals surface area (Å²) in [6.45, 7) is 6.13. The first-order valence-corrected chi connectivity index (χ1v) is 8.76. The van der Waals surface area contributed by atoms with Crippen LogP contribution < -0.4 is 0 Å². The molecule has 4 rings (SSSR count). The Hall–Kier alpha value is -2.56. The molecule has 5 heteroatoms. The van der Waals surface area contributed by atoms with Gasteiger partial charge in [0.15, 0.2) is 0 Å². The first kappa shape index (κ1) is 15.9. The van der Waals surface area contributed by atoms with Crippen molar-refractivity contribution in [1.82, 2.24) is 10.1 Å². The number of aromatic nitrogens is 2. The normalized spacial score (nSPS) is 16.8. The maximum Gasteiger partial charge on any atom is 0.340 e. The highest BCUT2D eigenvalue weighted by Crippen LogP contribution is 2.33. The molecule has 0 fully saturated rings. The minimum Gasteiger partial charge on any atom is -0.457 e. The number of aryl methyl sites for hydroxylation is 3. The number of hydrogen-bond donors (Lipinski definition) is 1. The summed E-state index contributed by atoms with van der Waals surface area (Å²) >= 11 is 0. The van der Waals surface area contributed by atoms with Crippen LogP contribution in [0.15, 0.2) is 22.7 Å². The Bertz CT molecular complexity index is 932. The second kappa shape index (κ2) is 6.06. The summed E-state index contributed by atoms with van der Waals surface area (Å²) < 4.78 is 10.7. The fraction of sp³-hybridized carbons (Fsp3) is 0.400. The first-order chi connectivity index (χ1) is 12.0. The quantitative estimate of drug-likeness (QED) is 0.725. The number of H-pyrrole nitrogens is 1. The fourth-order valence-electron chi connectivity index (χ4n) is 3.71. The lowest BCUT2D eigenvalue weighted by Crippen LogP contribution is -2.09. The molecule has 1 unspecified atom stereocenters. The number of esters is 1. The monoisotopic (exact) mass is 338 g/mol. The van der Waals surface area contributed by atoms with Crippen molar-refractivity contribution in [3.05, 3.63) is 52.0 Å². The average Bonchev–Trinajstić information content (AvgIpc) is 3.12. The maximum atomic E-state index is 12.7. The fourth-order valence-corrected chi connectivity index (χ4v) is 3.71. The second-order valence-corrected chi connectivity index (χ2v) is 7.04. The van der Waals surface area contributed by atoms with Crippen molar-refractivity contribution >= 4 is 16.9 Å². The number of rotatable bonds is 3. The smallest absolute Gasteiger partial charge is 0.340 e. The molecular formula is C20H22N2O3. The molecule has 2 heterocycles.